The van der Waals surface area contributed by atoms with Gasteiger partial charge >= 0.3 is 6.18 Å². The number of nitrogens with zero attached hydrogens (tertiary/aromatic N) is 5. The van der Waals surface area contributed by atoms with E-state index in [1.807, 2.05) is 48.5 Å². The molecule has 0 atom stereocenters. The summed E-state index contributed by atoms with van der Waals surface area (Å²) in [4.78, 5) is 9.39. The molecule has 0 radical (unpaired) electrons. The van der Waals surface area contributed by atoms with Crippen molar-refractivity contribution in [3.63, 3.8) is 0 Å². The van der Waals surface area contributed by atoms with Gasteiger partial charge in [-0.15, -0.1) is 0 Å². The molecule has 0 spiro atoms. The van der Waals surface area contributed by atoms with E-state index in [4.69, 9.17) is 4.74 Å². The van der Waals surface area contributed by atoms with E-state index in [0.29, 0.717) is 28.6 Å². The van der Waals surface area contributed by atoms with E-state index in [1.54, 1.807) is 18.0 Å². The number of methoxy groups -OCH3 is 1. The highest BCUT2D eigenvalue weighted by Gasteiger charge is 2.28. The van der Waals surface area contributed by atoms with Crippen LogP contribution in [0.4, 0.5) is 13.2 Å². The minimum Gasteiger partial charge on any atom is -0.497 e. The highest BCUT2D eigenvalue weighted by Crippen LogP contribution is 2.29. The van der Waals surface area contributed by atoms with E-state index in [-0.39, 0.29) is 12.2 Å². The fourth-order valence-corrected chi connectivity index (χ4v) is 3.70. The minimum atomic E-state index is -4.27. The van der Waals surface area contributed by atoms with Crippen molar-refractivity contribution >= 4 is 11.5 Å². The lowest BCUT2D eigenvalue weighted by Gasteiger charge is -2.06. The van der Waals surface area contributed by atoms with Crippen molar-refractivity contribution in [3.8, 4) is 27.8 Å². The third-order valence-corrected chi connectivity index (χ3v) is 5.28. The Bertz CT molecular complexity index is 1140. The molecular weight excluding hydrogens is 427 g/mol. The topological polar surface area (TPSA) is 65.7 Å². The van der Waals surface area contributed by atoms with Gasteiger partial charge in [0.05, 0.1) is 30.6 Å². The number of aromatic nitrogens is 5. The van der Waals surface area contributed by atoms with E-state index in [0.717, 1.165) is 11.3 Å². The lowest BCUT2D eigenvalue weighted by atomic mass is 10.2. The van der Waals surface area contributed by atoms with Crippen molar-refractivity contribution < 1.29 is 17.9 Å². The Kier molecular flexibility index (Phi) is 5.99. The number of rotatable bonds is 7. The van der Waals surface area contributed by atoms with Crippen molar-refractivity contribution in [2.45, 2.75) is 25.6 Å². The van der Waals surface area contributed by atoms with Crippen molar-refractivity contribution in [3.05, 3.63) is 66.1 Å². The van der Waals surface area contributed by atoms with E-state index < -0.39 is 12.6 Å². The highest BCUT2D eigenvalue weighted by atomic mass is 32.1. The van der Waals surface area contributed by atoms with Gasteiger partial charge in [0.25, 0.3) is 0 Å². The molecule has 4 rings (SSSR count). The van der Waals surface area contributed by atoms with Crippen LogP contribution >= 0.6 is 11.5 Å². The molecule has 6 nitrogen and oxygen atoms in total. The van der Waals surface area contributed by atoms with Crippen LogP contribution in [0.25, 0.3) is 22.1 Å². The summed E-state index contributed by atoms with van der Waals surface area (Å²) in [7, 11) is 1.58. The molecule has 1 aromatic carbocycles. The van der Waals surface area contributed by atoms with Gasteiger partial charge in [-0.3, -0.25) is 4.98 Å². The largest absolute Gasteiger partial charge is 0.497 e. The second kappa shape index (κ2) is 8.84. The fourth-order valence-electron chi connectivity index (χ4n) is 2.96. The third kappa shape index (κ3) is 5.26. The van der Waals surface area contributed by atoms with Crippen molar-refractivity contribution in [2.24, 2.45) is 0 Å². The van der Waals surface area contributed by atoms with Crippen LogP contribution in [-0.4, -0.2) is 37.4 Å². The molecule has 0 amide bonds. The molecule has 0 saturated heterocycles. The number of benzene rings is 1. The van der Waals surface area contributed by atoms with Crippen LogP contribution in [-0.2, 0) is 13.0 Å². The number of halogens is 3. The molecule has 0 bridgehead atoms. The molecule has 31 heavy (non-hydrogen) atoms. The molecule has 0 aliphatic carbocycles. The predicted molar refractivity (Wildman–Crippen MR) is 111 cm³/mol. The number of hydrogen-bond donors (Lipinski definition) is 0. The van der Waals surface area contributed by atoms with E-state index in [2.05, 4.69) is 19.4 Å². The molecule has 0 unspecified atom stereocenters. The average molecular weight is 445 g/mol. The zero-order valence-electron chi connectivity index (χ0n) is 16.5. The lowest BCUT2D eigenvalue weighted by Crippen LogP contribution is -2.09. The first kappa shape index (κ1) is 21.0. The van der Waals surface area contributed by atoms with Gasteiger partial charge < -0.3 is 4.74 Å². The third-order valence-electron chi connectivity index (χ3n) is 4.50. The number of aryl methyl sites for hydroxylation is 1. The predicted octanol–water partition coefficient (Wildman–Crippen LogP) is 5.02. The van der Waals surface area contributed by atoms with Crippen molar-refractivity contribution in [1.29, 1.82) is 0 Å². The normalized spacial score (nSPS) is 11.6. The summed E-state index contributed by atoms with van der Waals surface area (Å²) in [5.74, 6) is 1.34. The second-order valence-electron chi connectivity index (χ2n) is 6.76. The molecule has 3 aromatic heterocycles. The smallest absolute Gasteiger partial charge is 0.389 e. The monoisotopic (exact) mass is 445 g/mol. The SMILES string of the molecule is COc1ccc(Cn2nc(CCC(F)(F)F)nc2-c2cc(-c3ccccn3)ns2)cc1. The van der Waals surface area contributed by atoms with Gasteiger partial charge in [-0.1, -0.05) is 18.2 Å². The zero-order chi connectivity index (χ0) is 21.8. The lowest BCUT2D eigenvalue weighted by molar-refractivity contribution is -0.134. The standard InChI is InChI=1S/C21H18F3N5OS/c1-30-15-7-5-14(6-8-15)13-29-20(26-19(27-29)9-10-21(22,23)24)18-12-17(28-31-18)16-4-2-3-11-25-16/h2-8,11-12H,9-10,13H2,1H3. The maximum absolute atomic E-state index is 12.7. The zero-order valence-corrected chi connectivity index (χ0v) is 17.3. The number of hydrogen-bond acceptors (Lipinski definition) is 6. The van der Waals surface area contributed by atoms with Crippen LogP contribution in [0.2, 0.25) is 0 Å². The number of pyridine rings is 1. The molecule has 0 aliphatic heterocycles. The maximum Gasteiger partial charge on any atom is 0.389 e. The Hall–Kier alpha value is -3.27. The Balaban J connectivity index is 1.66. The van der Waals surface area contributed by atoms with Gasteiger partial charge in [0, 0.05) is 12.6 Å². The Morgan fingerprint density at radius 2 is 1.87 bits per heavy atom. The van der Waals surface area contributed by atoms with Crippen molar-refractivity contribution in [2.75, 3.05) is 7.11 Å². The van der Waals surface area contributed by atoms with Gasteiger partial charge in [0.2, 0.25) is 0 Å². The summed E-state index contributed by atoms with van der Waals surface area (Å²) in [6, 6.07) is 14.8. The van der Waals surface area contributed by atoms with E-state index >= 15 is 0 Å². The highest BCUT2D eigenvalue weighted by molar-refractivity contribution is 7.09. The average Bonchev–Trinajstić information content (AvgIpc) is 3.40. The minimum absolute atomic E-state index is 0.147. The molecular formula is C21H18F3N5OS. The molecule has 0 saturated carbocycles. The van der Waals surface area contributed by atoms with Gasteiger partial charge in [0.1, 0.15) is 11.4 Å². The molecule has 10 heteroatoms. The van der Waals surface area contributed by atoms with Crippen molar-refractivity contribution in [1.82, 2.24) is 24.1 Å². The van der Waals surface area contributed by atoms with Crippen LogP contribution in [0.3, 0.4) is 0 Å². The second-order valence-corrected chi connectivity index (χ2v) is 7.57. The fraction of sp³-hybridized carbons (Fsp3) is 0.238. The molecule has 0 fully saturated rings. The summed E-state index contributed by atoms with van der Waals surface area (Å²) in [5, 5.41) is 4.35. The first-order chi connectivity index (χ1) is 14.9. The van der Waals surface area contributed by atoms with Crippen LogP contribution in [0.1, 0.15) is 17.8 Å². The summed E-state index contributed by atoms with van der Waals surface area (Å²) >= 11 is 1.21. The van der Waals surface area contributed by atoms with Crippen LogP contribution < -0.4 is 4.74 Å². The van der Waals surface area contributed by atoms with Crippen LogP contribution in [0, 0.1) is 0 Å². The summed E-state index contributed by atoms with van der Waals surface area (Å²) in [6.45, 7) is 0.356. The molecule has 160 valence electrons. The summed E-state index contributed by atoms with van der Waals surface area (Å²) in [6.07, 6.45) is -3.84. The Morgan fingerprint density at radius 1 is 1.06 bits per heavy atom. The first-order valence-corrected chi connectivity index (χ1v) is 10.2. The summed E-state index contributed by atoms with van der Waals surface area (Å²) < 4.78 is 49.3. The molecule has 3 heterocycles. The van der Waals surface area contributed by atoms with E-state index in [1.165, 1.54) is 11.5 Å². The Morgan fingerprint density at radius 3 is 2.55 bits per heavy atom. The summed E-state index contributed by atoms with van der Waals surface area (Å²) in [5.41, 5.74) is 2.31. The molecule has 0 aliphatic rings. The van der Waals surface area contributed by atoms with E-state index in [9.17, 15) is 13.2 Å². The maximum atomic E-state index is 12.7. The number of alkyl halides is 3. The molecule has 0 N–H and O–H groups in total. The van der Waals surface area contributed by atoms with Gasteiger partial charge in [-0.25, -0.2) is 9.67 Å². The Labute approximate surface area is 180 Å². The van der Waals surface area contributed by atoms with Gasteiger partial charge in [-0.05, 0) is 47.4 Å². The molecule has 4 aromatic rings. The first-order valence-electron chi connectivity index (χ1n) is 9.43. The quantitative estimate of drug-likeness (QED) is 0.400. The number of ether oxygens (including phenoxy) is 1. The van der Waals surface area contributed by atoms with Crippen LogP contribution in [0.5, 0.6) is 5.75 Å². The van der Waals surface area contributed by atoms with Crippen LogP contribution in [0.15, 0.2) is 54.7 Å². The van der Waals surface area contributed by atoms with Gasteiger partial charge in [0.15, 0.2) is 11.6 Å². The van der Waals surface area contributed by atoms with Gasteiger partial charge in [-0.2, -0.15) is 22.6 Å².